The van der Waals surface area contributed by atoms with Gasteiger partial charge in [0.1, 0.15) is 11.3 Å². The normalized spacial score (nSPS) is 9.86. The van der Waals surface area contributed by atoms with Crippen molar-refractivity contribution in [2.75, 3.05) is 11.9 Å². The highest BCUT2D eigenvalue weighted by Gasteiger charge is 2.19. The number of amides is 1. The number of carbonyl (C=O) groups excluding carboxylic acids is 2. The van der Waals surface area contributed by atoms with Gasteiger partial charge in [0, 0.05) is 5.69 Å². The summed E-state index contributed by atoms with van der Waals surface area (Å²) in [6, 6.07) is 8.38. The molecule has 1 amide bonds. The first-order chi connectivity index (χ1) is 10.5. The number of hydrogen-bond donors (Lipinski definition) is 1. The van der Waals surface area contributed by atoms with Gasteiger partial charge in [-0.1, -0.05) is 11.2 Å². The number of nitrogens with zero attached hydrogens (tertiary/aromatic N) is 2. The van der Waals surface area contributed by atoms with Gasteiger partial charge in [-0.15, -0.1) is 0 Å². The molecule has 0 aliphatic rings. The molecule has 0 radical (unpaired) electrons. The Morgan fingerprint density at radius 2 is 2.18 bits per heavy atom. The highest BCUT2D eigenvalue weighted by Crippen LogP contribution is 2.14. The molecule has 2 rings (SSSR count). The largest absolute Gasteiger partial charge is 0.452 e. The fourth-order valence-corrected chi connectivity index (χ4v) is 1.84. The molecule has 0 saturated carbocycles. The van der Waals surface area contributed by atoms with Crippen molar-refractivity contribution in [2.24, 2.45) is 0 Å². The van der Waals surface area contributed by atoms with E-state index in [-0.39, 0.29) is 5.56 Å². The van der Waals surface area contributed by atoms with Crippen molar-refractivity contribution < 1.29 is 18.8 Å². The lowest BCUT2D eigenvalue weighted by molar-refractivity contribution is -0.119. The topological polar surface area (TPSA) is 105 Å². The molecule has 1 heterocycles. The molecule has 1 aromatic carbocycles. The van der Waals surface area contributed by atoms with Gasteiger partial charge in [0.15, 0.2) is 6.61 Å². The van der Waals surface area contributed by atoms with Crippen LogP contribution < -0.4 is 5.32 Å². The van der Waals surface area contributed by atoms with Gasteiger partial charge in [0.2, 0.25) is 0 Å². The molecule has 1 aromatic heterocycles. The SMILES string of the molecule is Cc1noc(C)c1C(=O)OCC(=O)Nc1cccc(C#N)c1. The molecule has 22 heavy (non-hydrogen) atoms. The summed E-state index contributed by atoms with van der Waals surface area (Å²) in [4.78, 5) is 23.6. The lowest BCUT2D eigenvalue weighted by atomic mass is 10.2. The van der Waals surface area contributed by atoms with Gasteiger partial charge in [-0.2, -0.15) is 5.26 Å². The van der Waals surface area contributed by atoms with Crippen molar-refractivity contribution >= 4 is 17.6 Å². The number of aromatic nitrogens is 1. The first kappa shape index (κ1) is 15.3. The number of esters is 1. The summed E-state index contributed by atoms with van der Waals surface area (Å²) < 4.78 is 9.79. The maximum atomic E-state index is 11.9. The molecule has 0 atom stereocenters. The summed E-state index contributed by atoms with van der Waals surface area (Å²) in [5.41, 5.74) is 1.51. The number of nitrogens with one attached hydrogen (secondary N) is 1. The first-order valence-electron chi connectivity index (χ1n) is 6.41. The maximum absolute atomic E-state index is 11.9. The molecule has 0 unspecified atom stereocenters. The van der Waals surface area contributed by atoms with Gasteiger partial charge in [0.05, 0.1) is 17.3 Å². The number of ether oxygens (including phenoxy) is 1. The minimum absolute atomic E-state index is 0.222. The van der Waals surface area contributed by atoms with Crippen LogP contribution in [0.25, 0.3) is 0 Å². The lowest BCUT2D eigenvalue weighted by Gasteiger charge is -2.06. The van der Waals surface area contributed by atoms with E-state index in [0.29, 0.717) is 22.7 Å². The third-order valence-electron chi connectivity index (χ3n) is 2.85. The molecule has 0 aliphatic heterocycles. The van der Waals surface area contributed by atoms with E-state index in [2.05, 4.69) is 10.5 Å². The number of aryl methyl sites for hydroxylation is 2. The van der Waals surface area contributed by atoms with E-state index in [9.17, 15) is 9.59 Å². The van der Waals surface area contributed by atoms with E-state index >= 15 is 0 Å². The number of benzene rings is 1. The van der Waals surface area contributed by atoms with E-state index < -0.39 is 18.5 Å². The number of hydrogen-bond acceptors (Lipinski definition) is 6. The van der Waals surface area contributed by atoms with Crippen LogP contribution in [0.15, 0.2) is 28.8 Å². The fourth-order valence-electron chi connectivity index (χ4n) is 1.84. The van der Waals surface area contributed by atoms with E-state index in [4.69, 9.17) is 14.5 Å². The molecular weight excluding hydrogens is 286 g/mol. The minimum Gasteiger partial charge on any atom is -0.452 e. The number of rotatable bonds is 4. The van der Waals surface area contributed by atoms with Crippen LogP contribution in [0.5, 0.6) is 0 Å². The van der Waals surface area contributed by atoms with Crippen molar-refractivity contribution in [3.05, 3.63) is 46.8 Å². The zero-order valence-corrected chi connectivity index (χ0v) is 12.0. The highest BCUT2D eigenvalue weighted by molar-refractivity contribution is 5.96. The van der Waals surface area contributed by atoms with Crippen molar-refractivity contribution in [1.82, 2.24) is 5.16 Å². The third kappa shape index (κ3) is 3.49. The van der Waals surface area contributed by atoms with Crippen molar-refractivity contribution in [2.45, 2.75) is 13.8 Å². The van der Waals surface area contributed by atoms with Gasteiger partial charge in [-0.25, -0.2) is 4.79 Å². The Labute approximate surface area is 126 Å². The molecular formula is C15H13N3O4. The Bertz CT molecular complexity index is 739. The predicted octanol–water partition coefficient (Wildman–Crippen LogP) is 1.96. The Balaban J connectivity index is 1.93. The molecule has 0 bridgehead atoms. The number of carbonyl (C=O) groups is 2. The van der Waals surface area contributed by atoms with E-state index in [1.54, 1.807) is 32.0 Å². The molecule has 112 valence electrons. The molecule has 2 aromatic rings. The minimum atomic E-state index is -0.669. The number of nitriles is 1. The first-order valence-corrected chi connectivity index (χ1v) is 6.41. The predicted molar refractivity (Wildman–Crippen MR) is 76.0 cm³/mol. The molecule has 7 nitrogen and oxygen atoms in total. The summed E-state index contributed by atoms with van der Waals surface area (Å²) in [6.07, 6.45) is 0. The van der Waals surface area contributed by atoms with Crippen LogP contribution in [0.3, 0.4) is 0 Å². The highest BCUT2D eigenvalue weighted by atomic mass is 16.5. The second kappa shape index (κ2) is 6.54. The third-order valence-corrected chi connectivity index (χ3v) is 2.85. The Kier molecular flexibility index (Phi) is 4.53. The molecule has 1 N–H and O–H groups in total. The molecule has 7 heteroatoms. The zero-order valence-electron chi connectivity index (χ0n) is 12.0. The molecule has 0 saturated heterocycles. The van der Waals surface area contributed by atoms with Crippen LogP contribution in [0.2, 0.25) is 0 Å². The second-order valence-corrected chi connectivity index (χ2v) is 4.52. The summed E-state index contributed by atoms with van der Waals surface area (Å²) in [6.45, 7) is 2.75. The van der Waals surface area contributed by atoms with Gasteiger partial charge in [0.25, 0.3) is 5.91 Å². The van der Waals surface area contributed by atoms with Gasteiger partial charge in [-0.05, 0) is 32.0 Å². The van der Waals surface area contributed by atoms with Gasteiger partial charge < -0.3 is 14.6 Å². The Hall–Kier alpha value is -3.14. The van der Waals surface area contributed by atoms with Crippen LogP contribution in [0, 0.1) is 25.2 Å². The van der Waals surface area contributed by atoms with Crippen LogP contribution in [-0.4, -0.2) is 23.6 Å². The van der Waals surface area contributed by atoms with Crippen molar-refractivity contribution in [3.63, 3.8) is 0 Å². The standard InChI is InChI=1S/C15H13N3O4/c1-9-14(10(2)22-18-9)15(20)21-8-13(19)17-12-5-3-4-11(6-12)7-16/h3-6H,8H2,1-2H3,(H,17,19). The smallest absolute Gasteiger partial charge is 0.344 e. The van der Waals surface area contributed by atoms with E-state index in [0.717, 1.165) is 0 Å². The average molecular weight is 299 g/mol. The molecule has 0 spiro atoms. The van der Waals surface area contributed by atoms with E-state index in [1.165, 1.54) is 6.07 Å². The molecule has 0 aliphatic carbocycles. The van der Waals surface area contributed by atoms with Crippen molar-refractivity contribution in [1.29, 1.82) is 5.26 Å². The number of anilines is 1. The van der Waals surface area contributed by atoms with Crippen LogP contribution in [0.4, 0.5) is 5.69 Å². The van der Waals surface area contributed by atoms with Gasteiger partial charge in [-0.3, -0.25) is 4.79 Å². The summed E-state index contributed by atoms with van der Waals surface area (Å²) in [5, 5.41) is 15.0. The molecule has 0 fully saturated rings. The Morgan fingerprint density at radius 1 is 1.41 bits per heavy atom. The quantitative estimate of drug-likeness (QED) is 0.865. The second-order valence-electron chi connectivity index (χ2n) is 4.52. The van der Waals surface area contributed by atoms with Crippen LogP contribution in [-0.2, 0) is 9.53 Å². The summed E-state index contributed by atoms with van der Waals surface area (Å²) in [7, 11) is 0. The average Bonchev–Trinajstić information content (AvgIpc) is 2.84. The lowest BCUT2D eigenvalue weighted by Crippen LogP contribution is -2.21. The maximum Gasteiger partial charge on any atom is 0.344 e. The van der Waals surface area contributed by atoms with Gasteiger partial charge >= 0.3 is 5.97 Å². The monoisotopic (exact) mass is 299 g/mol. The van der Waals surface area contributed by atoms with Crippen LogP contribution >= 0.6 is 0 Å². The van der Waals surface area contributed by atoms with Crippen molar-refractivity contribution in [3.8, 4) is 6.07 Å². The summed E-state index contributed by atoms with van der Waals surface area (Å²) in [5.74, 6) is -0.836. The summed E-state index contributed by atoms with van der Waals surface area (Å²) >= 11 is 0. The Morgan fingerprint density at radius 3 is 2.82 bits per heavy atom. The van der Waals surface area contributed by atoms with Crippen LogP contribution in [0.1, 0.15) is 27.4 Å². The fraction of sp³-hybridized carbons (Fsp3) is 0.200. The zero-order chi connectivity index (χ0) is 16.1. The van der Waals surface area contributed by atoms with E-state index in [1.807, 2.05) is 6.07 Å².